The second-order valence-corrected chi connectivity index (χ2v) is 8.28. The average Bonchev–Trinajstić information content (AvgIpc) is 3.29. The van der Waals surface area contributed by atoms with E-state index in [0.29, 0.717) is 22.8 Å². The van der Waals surface area contributed by atoms with E-state index in [2.05, 4.69) is 51.6 Å². The van der Waals surface area contributed by atoms with Gasteiger partial charge in [0.15, 0.2) is 11.0 Å². The van der Waals surface area contributed by atoms with Crippen LogP contribution in [-0.4, -0.2) is 36.6 Å². The molecular weight excluding hydrogens is 376 g/mol. The number of thioether (sulfide) groups is 1. The van der Waals surface area contributed by atoms with Crippen LogP contribution in [-0.2, 0) is 10.3 Å². The molecule has 3 aromatic rings. The maximum atomic E-state index is 12.4. The zero-order chi connectivity index (χ0) is 20.3. The molecule has 0 fully saturated rings. The molecular formula is C19H24N6O2S. The van der Waals surface area contributed by atoms with Gasteiger partial charge < -0.3 is 9.84 Å². The van der Waals surface area contributed by atoms with Gasteiger partial charge in [-0.2, -0.15) is 4.98 Å². The Hall–Kier alpha value is -2.68. The largest absolute Gasteiger partial charge is 0.341 e. The highest BCUT2D eigenvalue weighted by molar-refractivity contribution is 7.99. The molecule has 0 saturated carbocycles. The van der Waals surface area contributed by atoms with Crippen molar-refractivity contribution in [3.05, 3.63) is 47.9 Å². The fourth-order valence-corrected chi connectivity index (χ4v) is 3.37. The highest BCUT2D eigenvalue weighted by Gasteiger charge is 2.29. The topological polar surface area (TPSA) is 98.7 Å². The van der Waals surface area contributed by atoms with Gasteiger partial charge in [-0.15, -0.1) is 10.2 Å². The van der Waals surface area contributed by atoms with Gasteiger partial charge in [0.1, 0.15) is 11.9 Å². The summed E-state index contributed by atoms with van der Waals surface area (Å²) in [4.78, 5) is 16.6. The van der Waals surface area contributed by atoms with E-state index in [4.69, 9.17) is 4.52 Å². The number of nitrogens with zero attached hydrogens (tertiary/aromatic N) is 5. The van der Waals surface area contributed by atoms with Gasteiger partial charge in [0.2, 0.25) is 5.91 Å². The Bertz CT molecular complexity index is 946. The third-order valence-electron chi connectivity index (χ3n) is 4.20. The molecule has 28 heavy (non-hydrogen) atoms. The fourth-order valence-electron chi connectivity index (χ4n) is 2.64. The van der Waals surface area contributed by atoms with Gasteiger partial charge in [-0.05, 0) is 44.4 Å². The van der Waals surface area contributed by atoms with Crippen molar-refractivity contribution < 1.29 is 9.32 Å². The number of hydrogen-bond acceptors (Lipinski definition) is 7. The van der Waals surface area contributed by atoms with Crippen LogP contribution in [0.2, 0.25) is 0 Å². The molecule has 0 bridgehead atoms. The van der Waals surface area contributed by atoms with E-state index in [0.717, 1.165) is 5.69 Å². The molecule has 0 aliphatic carbocycles. The van der Waals surface area contributed by atoms with Crippen molar-refractivity contribution in [2.75, 3.05) is 5.75 Å². The van der Waals surface area contributed by atoms with E-state index in [9.17, 15) is 4.79 Å². The summed E-state index contributed by atoms with van der Waals surface area (Å²) in [6, 6.07) is 8.25. The van der Waals surface area contributed by atoms with Gasteiger partial charge in [-0.1, -0.05) is 42.9 Å². The lowest BCUT2D eigenvalue weighted by molar-refractivity contribution is -0.120. The third kappa shape index (κ3) is 4.59. The molecule has 0 unspecified atom stereocenters. The van der Waals surface area contributed by atoms with E-state index in [1.54, 1.807) is 13.3 Å². The van der Waals surface area contributed by atoms with Crippen LogP contribution < -0.4 is 5.32 Å². The first-order chi connectivity index (χ1) is 13.3. The van der Waals surface area contributed by atoms with Crippen molar-refractivity contribution >= 4 is 17.7 Å². The number of carbonyl (C=O) groups excluding carboxylic acids is 1. The zero-order valence-electron chi connectivity index (χ0n) is 16.6. The smallest absolute Gasteiger partial charge is 0.251 e. The second kappa shape index (κ2) is 8.14. The molecule has 0 spiro atoms. The maximum Gasteiger partial charge on any atom is 0.251 e. The first-order valence-electron chi connectivity index (χ1n) is 9.01. The Kier molecular flexibility index (Phi) is 5.83. The number of nitrogens with one attached hydrogen (secondary N) is 1. The Morgan fingerprint density at radius 1 is 1.29 bits per heavy atom. The van der Waals surface area contributed by atoms with Crippen LogP contribution in [0.4, 0.5) is 0 Å². The number of carbonyl (C=O) groups is 1. The lowest BCUT2D eigenvalue weighted by Gasteiger charge is -2.21. The Morgan fingerprint density at radius 3 is 2.61 bits per heavy atom. The second-order valence-electron chi connectivity index (χ2n) is 7.34. The predicted molar refractivity (Wildman–Crippen MR) is 106 cm³/mol. The summed E-state index contributed by atoms with van der Waals surface area (Å²) in [5, 5.41) is 15.5. The minimum Gasteiger partial charge on any atom is -0.341 e. The summed E-state index contributed by atoms with van der Waals surface area (Å²) < 4.78 is 7.04. The molecule has 1 aromatic carbocycles. The van der Waals surface area contributed by atoms with Crippen LogP contribution in [0.15, 0.2) is 40.3 Å². The van der Waals surface area contributed by atoms with Gasteiger partial charge in [-0.3, -0.25) is 9.36 Å². The Labute approximate surface area is 168 Å². The van der Waals surface area contributed by atoms with Gasteiger partial charge in [-0.25, -0.2) is 0 Å². The van der Waals surface area contributed by atoms with E-state index >= 15 is 0 Å². The quantitative estimate of drug-likeness (QED) is 0.608. The Morgan fingerprint density at radius 2 is 2.00 bits per heavy atom. The minimum absolute atomic E-state index is 0.157. The summed E-state index contributed by atoms with van der Waals surface area (Å²) in [6.45, 7) is 9.69. The van der Waals surface area contributed by atoms with E-state index in [-0.39, 0.29) is 11.7 Å². The number of aromatic nitrogens is 5. The molecule has 0 saturated heterocycles. The highest BCUT2D eigenvalue weighted by atomic mass is 32.2. The molecule has 2 heterocycles. The lowest BCUT2D eigenvalue weighted by Crippen LogP contribution is -2.42. The molecule has 8 nitrogen and oxygen atoms in total. The standard InChI is InChI=1S/C19H24N6O2S/c1-12(2)14-6-8-15(9-7-14)25-11-20-23-18(25)28-10-16(26)22-19(4,5)17-21-13(3)24-27-17/h6-9,11-12H,10H2,1-5H3,(H,22,26). The van der Waals surface area contributed by atoms with Gasteiger partial charge in [0, 0.05) is 5.69 Å². The fraction of sp³-hybridized carbons (Fsp3) is 0.421. The molecule has 3 rings (SSSR count). The maximum absolute atomic E-state index is 12.4. The third-order valence-corrected chi connectivity index (χ3v) is 5.14. The Balaban J connectivity index is 1.64. The zero-order valence-corrected chi connectivity index (χ0v) is 17.4. The number of benzene rings is 1. The molecule has 1 amide bonds. The monoisotopic (exact) mass is 400 g/mol. The molecule has 2 aromatic heterocycles. The minimum atomic E-state index is -0.751. The van der Waals surface area contributed by atoms with Crippen molar-refractivity contribution in [1.29, 1.82) is 0 Å². The van der Waals surface area contributed by atoms with Crippen LogP contribution in [0.25, 0.3) is 5.69 Å². The summed E-state index contributed by atoms with van der Waals surface area (Å²) in [5.74, 6) is 1.41. The number of aryl methyl sites for hydroxylation is 1. The average molecular weight is 401 g/mol. The number of amides is 1. The first kappa shape index (κ1) is 20.1. The molecule has 0 aliphatic rings. The van der Waals surface area contributed by atoms with Crippen molar-refractivity contribution in [1.82, 2.24) is 30.2 Å². The first-order valence-corrected chi connectivity index (χ1v) is 10.00. The van der Waals surface area contributed by atoms with Crippen LogP contribution in [0, 0.1) is 6.92 Å². The van der Waals surface area contributed by atoms with Crippen LogP contribution in [0.1, 0.15) is 50.9 Å². The van der Waals surface area contributed by atoms with Crippen molar-refractivity contribution in [2.24, 2.45) is 0 Å². The van der Waals surface area contributed by atoms with E-state index in [1.807, 2.05) is 30.5 Å². The molecule has 1 N–H and O–H groups in total. The molecule has 148 valence electrons. The molecule has 0 radical (unpaired) electrons. The van der Waals surface area contributed by atoms with Gasteiger partial charge in [0.05, 0.1) is 5.75 Å². The van der Waals surface area contributed by atoms with Crippen molar-refractivity contribution in [2.45, 2.75) is 51.2 Å². The van der Waals surface area contributed by atoms with Gasteiger partial charge in [0.25, 0.3) is 5.89 Å². The summed E-state index contributed by atoms with van der Waals surface area (Å²) in [6.07, 6.45) is 1.65. The SMILES string of the molecule is Cc1noc(C(C)(C)NC(=O)CSc2nncn2-c2ccc(C(C)C)cc2)n1. The summed E-state index contributed by atoms with van der Waals surface area (Å²) in [5.41, 5.74) is 1.47. The van der Waals surface area contributed by atoms with Crippen molar-refractivity contribution in [3.8, 4) is 5.69 Å². The predicted octanol–water partition coefficient (Wildman–Crippen LogP) is 3.23. The molecule has 0 aliphatic heterocycles. The van der Waals surface area contributed by atoms with Gasteiger partial charge >= 0.3 is 0 Å². The van der Waals surface area contributed by atoms with E-state index in [1.165, 1.54) is 17.3 Å². The van der Waals surface area contributed by atoms with E-state index < -0.39 is 5.54 Å². The van der Waals surface area contributed by atoms with Crippen LogP contribution in [0.3, 0.4) is 0 Å². The van der Waals surface area contributed by atoms with Crippen LogP contribution in [0.5, 0.6) is 0 Å². The summed E-state index contributed by atoms with van der Waals surface area (Å²) >= 11 is 1.32. The summed E-state index contributed by atoms with van der Waals surface area (Å²) in [7, 11) is 0. The number of hydrogen-bond donors (Lipinski definition) is 1. The molecule has 0 atom stereocenters. The highest BCUT2D eigenvalue weighted by Crippen LogP contribution is 2.23. The normalized spacial score (nSPS) is 11.8. The molecule has 9 heteroatoms. The van der Waals surface area contributed by atoms with Crippen molar-refractivity contribution in [3.63, 3.8) is 0 Å². The lowest BCUT2D eigenvalue weighted by atomic mass is 10.0. The number of rotatable bonds is 7. The van der Waals surface area contributed by atoms with Crippen LogP contribution >= 0.6 is 11.8 Å².